The van der Waals surface area contributed by atoms with Gasteiger partial charge in [0.1, 0.15) is 11.6 Å². The van der Waals surface area contributed by atoms with Gasteiger partial charge in [0.2, 0.25) is 0 Å². The Kier molecular flexibility index (Phi) is 6.86. The first kappa shape index (κ1) is 23.8. The molecule has 0 N–H and O–H groups in total. The van der Waals surface area contributed by atoms with Gasteiger partial charge in [-0.05, 0) is 56.2 Å². The Morgan fingerprint density at radius 2 is 1.85 bits per heavy atom. The molecule has 1 saturated heterocycles. The van der Waals surface area contributed by atoms with Crippen molar-refractivity contribution in [3.05, 3.63) is 52.8 Å². The number of sulfone groups is 1. The summed E-state index contributed by atoms with van der Waals surface area (Å²) >= 11 is 6.09. The zero-order chi connectivity index (χ0) is 23.8. The van der Waals surface area contributed by atoms with Crippen LogP contribution >= 0.6 is 11.6 Å². The number of hydrogen-bond acceptors (Lipinski definition) is 5. The van der Waals surface area contributed by atoms with Crippen LogP contribution in [0, 0.1) is 5.82 Å². The third-order valence-electron chi connectivity index (χ3n) is 6.61. The van der Waals surface area contributed by atoms with Gasteiger partial charge in [-0.15, -0.1) is 0 Å². The van der Waals surface area contributed by atoms with Gasteiger partial charge in [0.05, 0.1) is 33.5 Å². The Labute approximate surface area is 199 Å². The first-order valence-electron chi connectivity index (χ1n) is 11.1. The lowest BCUT2D eigenvalue weighted by Crippen LogP contribution is -2.54. The van der Waals surface area contributed by atoms with Crippen LogP contribution in [-0.4, -0.2) is 57.3 Å². The number of carbonyl (C=O) groups is 1. The Hall–Kier alpha value is -2.32. The molecule has 9 heteroatoms. The molecule has 0 unspecified atom stereocenters. The molecule has 0 aromatic heterocycles. The molecule has 33 heavy (non-hydrogen) atoms. The van der Waals surface area contributed by atoms with Crippen LogP contribution in [0.4, 0.5) is 10.1 Å². The van der Waals surface area contributed by atoms with Crippen LogP contribution in [0.2, 0.25) is 5.02 Å². The van der Waals surface area contributed by atoms with Crippen LogP contribution in [0.5, 0.6) is 5.75 Å². The second kappa shape index (κ2) is 9.50. The highest BCUT2D eigenvalue weighted by molar-refractivity contribution is 7.92. The Morgan fingerprint density at radius 1 is 1.12 bits per heavy atom. The zero-order valence-corrected chi connectivity index (χ0v) is 20.3. The third kappa shape index (κ3) is 4.68. The van der Waals surface area contributed by atoms with Crippen LogP contribution in [-0.2, 0) is 9.84 Å². The first-order valence-corrected chi connectivity index (χ1v) is 13.1. The van der Waals surface area contributed by atoms with Crippen LogP contribution in [0.25, 0.3) is 0 Å². The molecule has 4 rings (SSSR count). The van der Waals surface area contributed by atoms with Gasteiger partial charge >= 0.3 is 0 Å². The average molecular weight is 495 g/mol. The van der Waals surface area contributed by atoms with E-state index in [1.165, 1.54) is 12.1 Å². The fraction of sp³-hybridized carbons (Fsp3) is 0.458. The molecular formula is C24H28ClFN2O4S. The number of halogens is 2. The number of methoxy groups -OCH3 is 1. The molecule has 2 fully saturated rings. The van der Waals surface area contributed by atoms with Gasteiger partial charge < -0.3 is 14.5 Å². The Balaban J connectivity index is 1.57. The SMILES string of the molecule is COc1ccc(S(=O)(=O)C2CCCC2)cc1N1CCN(C(=O)c2ccc(F)cc2Cl)C[C@@H]1C. The molecule has 1 aliphatic carbocycles. The first-order chi connectivity index (χ1) is 15.7. The summed E-state index contributed by atoms with van der Waals surface area (Å²) in [5, 5.41) is -0.243. The fourth-order valence-corrected chi connectivity index (χ4v) is 6.92. The van der Waals surface area contributed by atoms with E-state index in [1.807, 2.05) is 6.92 Å². The van der Waals surface area contributed by atoms with Gasteiger partial charge in [-0.3, -0.25) is 4.79 Å². The predicted molar refractivity (Wildman–Crippen MR) is 127 cm³/mol. The summed E-state index contributed by atoms with van der Waals surface area (Å²) in [6.45, 7) is 3.30. The molecule has 0 radical (unpaired) electrons. The molecule has 6 nitrogen and oxygen atoms in total. The van der Waals surface area contributed by atoms with Crippen LogP contribution < -0.4 is 9.64 Å². The number of anilines is 1. The van der Waals surface area contributed by atoms with E-state index in [0.29, 0.717) is 48.8 Å². The van der Waals surface area contributed by atoms with Crippen molar-refractivity contribution in [2.24, 2.45) is 0 Å². The highest BCUT2D eigenvalue weighted by atomic mass is 35.5. The maximum atomic E-state index is 13.4. The van der Waals surface area contributed by atoms with E-state index in [0.717, 1.165) is 18.9 Å². The van der Waals surface area contributed by atoms with Crippen LogP contribution in [0.15, 0.2) is 41.3 Å². The summed E-state index contributed by atoms with van der Waals surface area (Å²) in [6, 6.07) is 8.70. The molecule has 1 amide bonds. The standard InChI is InChI=1S/C24H28ClFN2O4S/c1-16-15-27(24(29)20-9-7-17(26)13-21(20)25)11-12-28(16)22-14-19(8-10-23(22)32-2)33(30,31)18-5-3-4-6-18/h7-10,13-14,16,18H,3-6,11-12,15H2,1-2H3/t16-/m0/s1. The number of amides is 1. The van der Waals surface area contributed by atoms with E-state index in [9.17, 15) is 17.6 Å². The smallest absolute Gasteiger partial charge is 0.255 e. The van der Waals surface area contributed by atoms with E-state index in [-0.39, 0.29) is 27.8 Å². The number of rotatable bonds is 5. The monoisotopic (exact) mass is 494 g/mol. The summed E-state index contributed by atoms with van der Waals surface area (Å²) in [4.78, 5) is 17.0. The minimum Gasteiger partial charge on any atom is -0.495 e. The molecule has 178 valence electrons. The molecule has 2 aromatic carbocycles. The van der Waals surface area contributed by atoms with Gasteiger partial charge in [-0.1, -0.05) is 24.4 Å². The van der Waals surface area contributed by atoms with Gasteiger partial charge in [-0.25, -0.2) is 12.8 Å². The van der Waals surface area contributed by atoms with Crippen molar-refractivity contribution in [1.29, 1.82) is 0 Å². The number of carbonyl (C=O) groups excluding carboxylic acids is 1. The van der Waals surface area contributed by atoms with E-state index in [1.54, 1.807) is 30.2 Å². The third-order valence-corrected chi connectivity index (χ3v) is 9.18. The molecule has 2 aromatic rings. The number of hydrogen-bond donors (Lipinski definition) is 0. The summed E-state index contributed by atoms with van der Waals surface area (Å²) in [5.74, 6) is -0.154. The number of ether oxygens (including phenoxy) is 1. The minimum absolute atomic E-state index is 0.0848. The fourth-order valence-electron chi connectivity index (χ4n) is 4.80. The van der Waals surface area contributed by atoms with Crippen molar-refractivity contribution < 1.29 is 22.3 Å². The summed E-state index contributed by atoms with van der Waals surface area (Å²) in [5.41, 5.74) is 0.969. The predicted octanol–water partition coefficient (Wildman–Crippen LogP) is 4.55. The topological polar surface area (TPSA) is 66.9 Å². The van der Waals surface area contributed by atoms with Gasteiger partial charge in [0, 0.05) is 25.7 Å². The van der Waals surface area contributed by atoms with E-state index in [2.05, 4.69) is 4.90 Å². The van der Waals surface area contributed by atoms with Crippen molar-refractivity contribution in [2.75, 3.05) is 31.6 Å². The maximum absolute atomic E-state index is 13.4. The minimum atomic E-state index is -3.40. The molecule has 0 spiro atoms. The summed E-state index contributed by atoms with van der Waals surface area (Å²) in [7, 11) is -1.84. The van der Waals surface area contributed by atoms with Crippen LogP contribution in [0.1, 0.15) is 43.0 Å². The highest BCUT2D eigenvalue weighted by Gasteiger charge is 2.33. The lowest BCUT2D eigenvalue weighted by Gasteiger charge is -2.42. The lowest BCUT2D eigenvalue weighted by atomic mass is 10.1. The molecular weight excluding hydrogens is 467 g/mol. The number of nitrogens with zero attached hydrogens (tertiary/aromatic N) is 2. The van der Waals surface area contributed by atoms with Crippen molar-refractivity contribution in [3.63, 3.8) is 0 Å². The Morgan fingerprint density at radius 3 is 2.48 bits per heavy atom. The van der Waals surface area contributed by atoms with Crippen molar-refractivity contribution >= 4 is 33.0 Å². The van der Waals surface area contributed by atoms with Crippen molar-refractivity contribution in [1.82, 2.24) is 4.90 Å². The second-order valence-electron chi connectivity index (χ2n) is 8.70. The second-order valence-corrected chi connectivity index (χ2v) is 11.3. The van der Waals surface area contributed by atoms with E-state index in [4.69, 9.17) is 16.3 Å². The average Bonchev–Trinajstić information content (AvgIpc) is 3.34. The summed E-state index contributed by atoms with van der Waals surface area (Å²) in [6.07, 6.45) is 3.29. The molecule has 1 aliphatic heterocycles. The number of piperazine rings is 1. The van der Waals surface area contributed by atoms with Crippen molar-refractivity contribution in [3.8, 4) is 5.75 Å². The van der Waals surface area contributed by atoms with Crippen LogP contribution in [0.3, 0.4) is 0 Å². The van der Waals surface area contributed by atoms with Gasteiger partial charge in [0.15, 0.2) is 9.84 Å². The Bertz CT molecular complexity index is 1150. The lowest BCUT2D eigenvalue weighted by molar-refractivity contribution is 0.0726. The van der Waals surface area contributed by atoms with Crippen molar-refractivity contribution in [2.45, 2.75) is 48.8 Å². The molecule has 1 heterocycles. The largest absolute Gasteiger partial charge is 0.495 e. The van der Waals surface area contributed by atoms with E-state index >= 15 is 0 Å². The molecule has 2 aliphatic rings. The zero-order valence-electron chi connectivity index (χ0n) is 18.8. The molecule has 1 atom stereocenters. The highest BCUT2D eigenvalue weighted by Crippen LogP contribution is 2.37. The quantitative estimate of drug-likeness (QED) is 0.609. The van der Waals surface area contributed by atoms with Gasteiger partial charge in [0.25, 0.3) is 5.91 Å². The maximum Gasteiger partial charge on any atom is 0.255 e. The normalized spacial score (nSPS) is 19.7. The van der Waals surface area contributed by atoms with Gasteiger partial charge in [-0.2, -0.15) is 0 Å². The molecule has 1 saturated carbocycles. The van der Waals surface area contributed by atoms with E-state index < -0.39 is 15.7 Å². The molecule has 0 bridgehead atoms. The number of benzene rings is 2. The summed E-state index contributed by atoms with van der Waals surface area (Å²) < 4.78 is 45.2.